The maximum atomic E-state index is 12.0. The molecule has 110 valence electrons. The minimum atomic E-state index is -0.859. The van der Waals surface area contributed by atoms with Gasteiger partial charge < -0.3 is 15.3 Å². The van der Waals surface area contributed by atoms with Crippen molar-refractivity contribution in [3.8, 4) is 12.3 Å². The monoisotopic (exact) mass is 286 g/mol. The molecule has 2 N–H and O–H groups in total. The Balaban J connectivity index is 1.88. The molecule has 21 heavy (non-hydrogen) atoms. The van der Waals surface area contributed by atoms with E-state index in [4.69, 9.17) is 11.5 Å². The summed E-state index contributed by atoms with van der Waals surface area (Å²) in [6.07, 6.45) is 5.76. The predicted octanol–water partition coefficient (Wildman–Crippen LogP) is 1.67. The van der Waals surface area contributed by atoms with Crippen LogP contribution in [0.1, 0.15) is 24.5 Å². The lowest BCUT2D eigenvalue weighted by Crippen LogP contribution is -2.40. The Hall–Kier alpha value is -2.48. The second kappa shape index (κ2) is 5.88. The Bertz CT molecular complexity index is 589. The van der Waals surface area contributed by atoms with Crippen LogP contribution >= 0.6 is 0 Å². The van der Waals surface area contributed by atoms with E-state index in [-0.39, 0.29) is 12.6 Å². The van der Waals surface area contributed by atoms with E-state index in [0.717, 1.165) is 11.1 Å². The lowest BCUT2D eigenvalue weighted by molar-refractivity contribution is -0.146. The highest BCUT2D eigenvalue weighted by atomic mass is 16.4. The average Bonchev–Trinajstić information content (AvgIpc) is 2.89. The molecule has 1 aliphatic rings. The number of carbonyl (C=O) groups is 2. The highest BCUT2D eigenvalue weighted by molar-refractivity contribution is 5.79. The number of hydrogen-bond donors (Lipinski definition) is 2. The van der Waals surface area contributed by atoms with E-state index in [1.54, 1.807) is 11.8 Å². The Morgan fingerprint density at radius 2 is 2.10 bits per heavy atom. The van der Waals surface area contributed by atoms with Crippen LogP contribution in [-0.2, 0) is 11.3 Å². The van der Waals surface area contributed by atoms with Crippen molar-refractivity contribution < 1.29 is 14.7 Å². The van der Waals surface area contributed by atoms with Gasteiger partial charge in [-0.15, -0.1) is 6.42 Å². The highest BCUT2D eigenvalue weighted by Gasteiger charge is 2.42. The van der Waals surface area contributed by atoms with Gasteiger partial charge in [-0.05, 0) is 31.0 Å². The van der Waals surface area contributed by atoms with Crippen LogP contribution in [0.5, 0.6) is 0 Å². The molecule has 1 heterocycles. The first kappa shape index (κ1) is 14.9. The fourth-order valence-electron chi connectivity index (χ4n) is 2.32. The molecule has 2 amide bonds. The third-order valence-corrected chi connectivity index (χ3v) is 3.84. The molecule has 0 radical (unpaired) electrons. The molecule has 5 heteroatoms. The molecular formula is C16H18N2O3. The fourth-order valence-corrected chi connectivity index (χ4v) is 2.32. The molecule has 1 aromatic carbocycles. The van der Waals surface area contributed by atoms with Crippen molar-refractivity contribution in [2.75, 3.05) is 13.1 Å². The third kappa shape index (κ3) is 3.34. The number of likely N-dealkylation sites (tertiary alicyclic amines) is 1. The number of nitrogens with one attached hydrogen (secondary N) is 1. The minimum Gasteiger partial charge on any atom is -0.481 e. The summed E-state index contributed by atoms with van der Waals surface area (Å²) >= 11 is 0. The Kier molecular flexibility index (Phi) is 4.18. The molecule has 5 nitrogen and oxygen atoms in total. The second-order valence-electron chi connectivity index (χ2n) is 5.54. The molecule has 1 unspecified atom stereocenters. The van der Waals surface area contributed by atoms with Crippen molar-refractivity contribution in [1.29, 1.82) is 0 Å². The number of carboxylic acids is 1. The Morgan fingerprint density at radius 3 is 2.62 bits per heavy atom. The quantitative estimate of drug-likeness (QED) is 0.831. The molecule has 1 aromatic rings. The number of amides is 2. The summed E-state index contributed by atoms with van der Waals surface area (Å²) in [6, 6.07) is 7.13. The fraction of sp³-hybridized carbons (Fsp3) is 0.375. The van der Waals surface area contributed by atoms with Gasteiger partial charge in [0.2, 0.25) is 0 Å². The molecular weight excluding hydrogens is 268 g/mol. The van der Waals surface area contributed by atoms with Gasteiger partial charge in [-0.25, -0.2) is 4.79 Å². The van der Waals surface area contributed by atoms with Crippen molar-refractivity contribution in [1.82, 2.24) is 10.2 Å². The zero-order chi connectivity index (χ0) is 15.5. The van der Waals surface area contributed by atoms with Crippen LogP contribution in [-0.4, -0.2) is 35.1 Å². The van der Waals surface area contributed by atoms with E-state index in [0.29, 0.717) is 19.5 Å². The number of hydrogen-bond acceptors (Lipinski definition) is 2. The summed E-state index contributed by atoms with van der Waals surface area (Å²) in [6.45, 7) is 2.76. The van der Waals surface area contributed by atoms with Crippen LogP contribution < -0.4 is 5.32 Å². The summed E-state index contributed by atoms with van der Waals surface area (Å²) in [5.74, 6) is 1.67. The zero-order valence-corrected chi connectivity index (χ0v) is 11.9. The van der Waals surface area contributed by atoms with Gasteiger partial charge in [0.25, 0.3) is 0 Å². The first-order chi connectivity index (χ1) is 9.94. The molecule has 0 saturated carbocycles. The standard InChI is InChI=1S/C16H18N2O3/c1-3-12-4-6-13(7-5-12)10-17-15(21)18-9-8-16(2,11-18)14(19)20/h1,4-7H,8-11H2,2H3,(H,17,21)(H,19,20). The van der Waals surface area contributed by atoms with Gasteiger partial charge in [0.05, 0.1) is 5.41 Å². The zero-order valence-electron chi connectivity index (χ0n) is 11.9. The van der Waals surface area contributed by atoms with Crippen molar-refractivity contribution in [2.45, 2.75) is 19.9 Å². The first-order valence-electron chi connectivity index (χ1n) is 6.76. The minimum absolute atomic E-state index is 0.235. The summed E-state index contributed by atoms with van der Waals surface area (Å²) in [5, 5.41) is 12.0. The maximum Gasteiger partial charge on any atom is 0.317 e. The summed E-state index contributed by atoms with van der Waals surface area (Å²) in [4.78, 5) is 24.7. The summed E-state index contributed by atoms with van der Waals surface area (Å²) < 4.78 is 0. The number of aliphatic carboxylic acids is 1. The van der Waals surface area contributed by atoms with Crippen LogP contribution in [0.15, 0.2) is 24.3 Å². The lowest BCUT2D eigenvalue weighted by atomic mass is 9.90. The van der Waals surface area contributed by atoms with Crippen LogP contribution in [0.3, 0.4) is 0 Å². The maximum absolute atomic E-state index is 12.0. The van der Waals surface area contributed by atoms with Gasteiger partial charge in [0, 0.05) is 25.2 Å². The van der Waals surface area contributed by atoms with E-state index in [1.807, 2.05) is 24.3 Å². The first-order valence-corrected chi connectivity index (χ1v) is 6.76. The smallest absolute Gasteiger partial charge is 0.317 e. The van der Waals surface area contributed by atoms with Gasteiger partial charge in [-0.3, -0.25) is 4.79 Å². The van der Waals surface area contributed by atoms with Crippen LogP contribution in [0.4, 0.5) is 4.79 Å². The van der Waals surface area contributed by atoms with Gasteiger partial charge in [0.1, 0.15) is 0 Å². The topological polar surface area (TPSA) is 69.6 Å². The van der Waals surface area contributed by atoms with Crippen molar-refractivity contribution in [3.05, 3.63) is 35.4 Å². The predicted molar refractivity (Wildman–Crippen MR) is 78.5 cm³/mol. The van der Waals surface area contributed by atoms with Gasteiger partial charge >= 0.3 is 12.0 Å². The third-order valence-electron chi connectivity index (χ3n) is 3.84. The number of carbonyl (C=O) groups excluding carboxylic acids is 1. The number of urea groups is 1. The van der Waals surface area contributed by atoms with Crippen LogP contribution in [0, 0.1) is 17.8 Å². The molecule has 1 fully saturated rings. The number of nitrogens with zero attached hydrogens (tertiary/aromatic N) is 1. The number of benzene rings is 1. The lowest BCUT2D eigenvalue weighted by Gasteiger charge is -2.20. The van der Waals surface area contributed by atoms with Crippen LogP contribution in [0.2, 0.25) is 0 Å². The van der Waals surface area contributed by atoms with E-state index < -0.39 is 11.4 Å². The Labute approximate surface area is 124 Å². The van der Waals surface area contributed by atoms with Crippen LogP contribution in [0.25, 0.3) is 0 Å². The van der Waals surface area contributed by atoms with Gasteiger partial charge in [-0.2, -0.15) is 0 Å². The van der Waals surface area contributed by atoms with Crippen molar-refractivity contribution in [3.63, 3.8) is 0 Å². The molecule has 1 aliphatic heterocycles. The summed E-state index contributed by atoms with van der Waals surface area (Å²) in [5.41, 5.74) is 0.899. The number of terminal acetylenes is 1. The molecule has 1 atom stereocenters. The summed E-state index contributed by atoms with van der Waals surface area (Å²) in [7, 11) is 0. The largest absolute Gasteiger partial charge is 0.481 e. The molecule has 2 rings (SSSR count). The average molecular weight is 286 g/mol. The van der Waals surface area contributed by atoms with Crippen molar-refractivity contribution >= 4 is 12.0 Å². The second-order valence-corrected chi connectivity index (χ2v) is 5.54. The van der Waals surface area contributed by atoms with E-state index in [9.17, 15) is 9.59 Å². The van der Waals surface area contributed by atoms with E-state index in [1.165, 1.54) is 0 Å². The number of rotatable bonds is 3. The van der Waals surface area contributed by atoms with E-state index >= 15 is 0 Å². The van der Waals surface area contributed by atoms with E-state index in [2.05, 4.69) is 11.2 Å². The normalized spacial score (nSPS) is 20.9. The Morgan fingerprint density at radius 1 is 1.43 bits per heavy atom. The molecule has 0 spiro atoms. The highest BCUT2D eigenvalue weighted by Crippen LogP contribution is 2.29. The van der Waals surface area contributed by atoms with Gasteiger partial charge in [-0.1, -0.05) is 18.1 Å². The molecule has 1 saturated heterocycles. The SMILES string of the molecule is C#Cc1ccc(CNC(=O)N2CCC(C)(C(=O)O)C2)cc1. The molecule has 0 aliphatic carbocycles. The van der Waals surface area contributed by atoms with Crippen molar-refractivity contribution in [2.24, 2.45) is 5.41 Å². The molecule has 0 bridgehead atoms. The van der Waals surface area contributed by atoms with Gasteiger partial charge in [0.15, 0.2) is 0 Å². The molecule has 0 aromatic heterocycles. The number of carboxylic acid groups (broad SMARTS) is 1.